The minimum absolute atomic E-state index is 1.27. The summed E-state index contributed by atoms with van der Waals surface area (Å²) in [6, 6.07) is 27.7. The zero-order valence-corrected chi connectivity index (χ0v) is 11.0. The van der Waals surface area contributed by atoms with Crippen LogP contribution < -0.4 is 5.46 Å². The van der Waals surface area contributed by atoms with Crippen molar-refractivity contribution < 1.29 is 0 Å². The van der Waals surface area contributed by atoms with E-state index in [0.29, 0.717) is 0 Å². The molecule has 3 aromatic rings. The van der Waals surface area contributed by atoms with E-state index in [2.05, 4.69) is 86.7 Å². The smallest absolute Gasteiger partial charge is 0.0813 e. The van der Waals surface area contributed by atoms with Gasteiger partial charge in [-0.15, -0.1) is 0 Å². The van der Waals surface area contributed by atoms with Gasteiger partial charge >= 0.3 is 0 Å². The van der Waals surface area contributed by atoms with Crippen LogP contribution in [0.5, 0.6) is 0 Å². The summed E-state index contributed by atoms with van der Waals surface area (Å²) in [7, 11) is 2.16. The van der Waals surface area contributed by atoms with Gasteiger partial charge in [-0.25, -0.2) is 0 Å². The van der Waals surface area contributed by atoms with Crippen LogP contribution in [0.1, 0.15) is 0 Å². The van der Waals surface area contributed by atoms with Gasteiger partial charge in [-0.3, -0.25) is 0 Å². The van der Waals surface area contributed by atoms with Crippen LogP contribution in [-0.2, 0) is 0 Å². The Balaban J connectivity index is 2.21. The first kappa shape index (κ1) is 11.8. The molecule has 0 saturated heterocycles. The van der Waals surface area contributed by atoms with E-state index in [0.717, 1.165) is 0 Å². The maximum absolute atomic E-state index is 2.20. The second kappa shape index (κ2) is 5.15. The molecule has 0 aliphatic carbocycles. The van der Waals surface area contributed by atoms with Crippen LogP contribution in [-0.4, -0.2) is 7.85 Å². The summed E-state index contributed by atoms with van der Waals surface area (Å²) in [5.74, 6) is 0. The van der Waals surface area contributed by atoms with Gasteiger partial charge in [0, 0.05) is 0 Å². The summed E-state index contributed by atoms with van der Waals surface area (Å²) in [5.41, 5.74) is 6.47. The van der Waals surface area contributed by atoms with Crippen molar-refractivity contribution in [2.24, 2.45) is 0 Å². The maximum Gasteiger partial charge on any atom is 0.140 e. The van der Waals surface area contributed by atoms with Gasteiger partial charge in [0.05, 0.1) is 0 Å². The molecule has 3 aromatic carbocycles. The fourth-order valence-electron chi connectivity index (χ4n) is 2.46. The fourth-order valence-corrected chi connectivity index (χ4v) is 2.46. The second-order valence-corrected chi connectivity index (χ2v) is 4.73. The summed E-state index contributed by atoms with van der Waals surface area (Å²) in [6.45, 7) is 0. The van der Waals surface area contributed by atoms with E-state index >= 15 is 0 Å². The minimum Gasteiger partial charge on any atom is -0.0813 e. The summed E-state index contributed by atoms with van der Waals surface area (Å²) in [4.78, 5) is 0. The number of hydrogen-bond donors (Lipinski definition) is 0. The Kier molecular flexibility index (Phi) is 3.20. The quantitative estimate of drug-likeness (QED) is 0.605. The van der Waals surface area contributed by atoms with Crippen LogP contribution in [0.3, 0.4) is 0 Å². The third-order valence-electron chi connectivity index (χ3n) is 3.45. The topological polar surface area (TPSA) is 0 Å². The predicted molar refractivity (Wildman–Crippen MR) is 85.5 cm³/mol. The Morgan fingerprint density at radius 3 is 1.68 bits per heavy atom. The average Bonchev–Trinajstić information content (AvgIpc) is 2.49. The van der Waals surface area contributed by atoms with Gasteiger partial charge in [0.1, 0.15) is 7.85 Å². The molecule has 0 spiro atoms. The van der Waals surface area contributed by atoms with Crippen LogP contribution in [0, 0.1) is 0 Å². The Hall–Kier alpha value is -2.28. The van der Waals surface area contributed by atoms with Crippen molar-refractivity contribution >= 4 is 13.3 Å². The lowest BCUT2D eigenvalue weighted by Gasteiger charge is -2.12. The van der Waals surface area contributed by atoms with Crippen molar-refractivity contribution in [2.45, 2.75) is 0 Å². The molecule has 0 aromatic heterocycles. The first-order valence-corrected chi connectivity index (χ1v) is 6.57. The van der Waals surface area contributed by atoms with E-state index in [1.54, 1.807) is 0 Å². The molecule has 90 valence electrons. The van der Waals surface area contributed by atoms with Crippen molar-refractivity contribution in [3.8, 4) is 22.3 Å². The zero-order chi connectivity index (χ0) is 13.1. The predicted octanol–water partition coefficient (Wildman–Crippen LogP) is 3.28. The van der Waals surface area contributed by atoms with Gasteiger partial charge in [0.25, 0.3) is 0 Å². The first-order chi connectivity index (χ1) is 9.36. The normalized spacial score (nSPS) is 10.3. The van der Waals surface area contributed by atoms with Gasteiger partial charge < -0.3 is 0 Å². The fraction of sp³-hybridized carbons (Fsp3) is 0. The van der Waals surface area contributed by atoms with Crippen molar-refractivity contribution in [2.75, 3.05) is 0 Å². The third-order valence-corrected chi connectivity index (χ3v) is 3.45. The number of hydrogen-bond acceptors (Lipinski definition) is 0. The third kappa shape index (κ3) is 2.32. The van der Waals surface area contributed by atoms with Gasteiger partial charge in [-0.2, -0.15) is 0 Å². The molecule has 0 aliphatic rings. The molecule has 1 heteroatoms. The van der Waals surface area contributed by atoms with Crippen LogP contribution in [0.2, 0.25) is 0 Å². The number of benzene rings is 3. The summed E-state index contributed by atoms with van der Waals surface area (Å²) >= 11 is 0. The van der Waals surface area contributed by atoms with Gasteiger partial charge in [-0.1, -0.05) is 84.3 Å². The van der Waals surface area contributed by atoms with Crippen molar-refractivity contribution in [1.82, 2.24) is 0 Å². The van der Waals surface area contributed by atoms with Crippen molar-refractivity contribution in [1.29, 1.82) is 0 Å². The summed E-state index contributed by atoms with van der Waals surface area (Å²) in [5, 5.41) is 0. The lowest BCUT2D eigenvalue weighted by molar-refractivity contribution is 1.59. The second-order valence-electron chi connectivity index (χ2n) is 4.73. The summed E-state index contributed by atoms with van der Waals surface area (Å²) < 4.78 is 0. The Labute approximate surface area is 115 Å². The largest absolute Gasteiger partial charge is 0.140 e. The summed E-state index contributed by atoms with van der Waals surface area (Å²) in [6.07, 6.45) is 0. The van der Waals surface area contributed by atoms with E-state index < -0.39 is 0 Å². The Morgan fingerprint density at radius 1 is 0.474 bits per heavy atom. The highest BCUT2D eigenvalue weighted by molar-refractivity contribution is 6.36. The number of rotatable bonds is 2. The molecule has 0 bridgehead atoms. The lowest BCUT2D eigenvalue weighted by atomic mass is 9.84. The molecular weight excluding hydrogens is 227 g/mol. The molecule has 0 saturated carbocycles. The molecule has 0 heterocycles. The van der Waals surface area contributed by atoms with Gasteiger partial charge in [0.15, 0.2) is 0 Å². The van der Waals surface area contributed by atoms with E-state index in [-0.39, 0.29) is 0 Å². The van der Waals surface area contributed by atoms with Gasteiger partial charge in [0.2, 0.25) is 0 Å². The Morgan fingerprint density at radius 2 is 1.00 bits per heavy atom. The highest BCUT2D eigenvalue weighted by atomic mass is 14.1. The van der Waals surface area contributed by atoms with E-state index in [1.807, 2.05) is 0 Å². The van der Waals surface area contributed by atoms with Crippen LogP contribution in [0.15, 0.2) is 78.9 Å². The molecule has 0 amide bonds. The average molecular weight is 242 g/mol. The van der Waals surface area contributed by atoms with Crippen LogP contribution in [0.25, 0.3) is 22.3 Å². The highest BCUT2D eigenvalue weighted by Crippen LogP contribution is 2.30. The standard InChI is InChI=1S/C18H15B/c19-18-13-7-6-12-17(18)16-11-5-4-10-15(16)14-8-2-1-3-9-14/h1-13H,19H2. The molecule has 0 nitrogen and oxygen atoms in total. The molecule has 0 aliphatic heterocycles. The van der Waals surface area contributed by atoms with E-state index in [9.17, 15) is 0 Å². The first-order valence-electron chi connectivity index (χ1n) is 6.57. The molecule has 0 fully saturated rings. The monoisotopic (exact) mass is 242 g/mol. The molecule has 19 heavy (non-hydrogen) atoms. The SMILES string of the molecule is Bc1ccccc1-c1ccccc1-c1ccccc1. The molecule has 0 N–H and O–H groups in total. The van der Waals surface area contributed by atoms with E-state index in [4.69, 9.17) is 0 Å². The lowest BCUT2D eigenvalue weighted by Crippen LogP contribution is -2.05. The highest BCUT2D eigenvalue weighted by Gasteiger charge is 2.07. The van der Waals surface area contributed by atoms with Gasteiger partial charge in [-0.05, 0) is 22.3 Å². The Bertz CT molecular complexity index is 687. The van der Waals surface area contributed by atoms with Crippen molar-refractivity contribution in [3.05, 3.63) is 78.9 Å². The molecule has 0 radical (unpaired) electrons. The van der Waals surface area contributed by atoms with Crippen LogP contribution >= 0.6 is 0 Å². The molecule has 0 atom stereocenters. The van der Waals surface area contributed by atoms with Crippen molar-refractivity contribution in [3.63, 3.8) is 0 Å². The molecule has 0 unspecified atom stereocenters. The molecular formula is C18H15B. The minimum atomic E-state index is 1.27. The molecule has 3 rings (SSSR count). The zero-order valence-electron chi connectivity index (χ0n) is 11.0. The van der Waals surface area contributed by atoms with E-state index in [1.165, 1.54) is 27.7 Å². The maximum atomic E-state index is 2.20. The van der Waals surface area contributed by atoms with Crippen LogP contribution in [0.4, 0.5) is 0 Å².